The minimum absolute atomic E-state index is 0.00752. The van der Waals surface area contributed by atoms with Gasteiger partial charge in [-0.05, 0) is 61.9 Å². The van der Waals surface area contributed by atoms with Crippen LogP contribution in [-0.4, -0.2) is 27.4 Å². The van der Waals surface area contributed by atoms with Gasteiger partial charge in [0, 0.05) is 59.0 Å². The van der Waals surface area contributed by atoms with E-state index in [0.29, 0.717) is 24.2 Å². The van der Waals surface area contributed by atoms with Crippen LogP contribution in [0.2, 0.25) is 0 Å². The first-order chi connectivity index (χ1) is 17.9. The van der Waals surface area contributed by atoms with Crippen molar-refractivity contribution in [3.63, 3.8) is 0 Å². The number of benzene rings is 3. The van der Waals surface area contributed by atoms with E-state index >= 15 is 0 Å². The lowest BCUT2D eigenvalue weighted by atomic mass is 10.1. The number of nitro groups is 1. The number of nitrogens with zero attached hydrogens (tertiary/aromatic N) is 3. The Bertz CT molecular complexity index is 1360. The summed E-state index contributed by atoms with van der Waals surface area (Å²) in [6.45, 7) is 4.62. The van der Waals surface area contributed by atoms with Crippen LogP contribution >= 0.6 is 11.8 Å². The van der Waals surface area contributed by atoms with Gasteiger partial charge < -0.3 is 10.2 Å². The number of anilines is 1. The van der Waals surface area contributed by atoms with E-state index in [1.165, 1.54) is 17.8 Å². The Morgan fingerprint density at radius 2 is 1.68 bits per heavy atom. The number of aromatic nitrogens is 1. The summed E-state index contributed by atoms with van der Waals surface area (Å²) in [6.07, 6.45) is 2.28. The van der Waals surface area contributed by atoms with Gasteiger partial charge in [-0.2, -0.15) is 0 Å². The van der Waals surface area contributed by atoms with E-state index in [1.54, 1.807) is 23.2 Å². The number of aryl methyl sites for hydroxylation is 2. The molecule has 0 atom stereocenters. The van der Waals surface area contributed by atoms with E-state index in [9.17, 15) is 14.9 Å². The zero-order valence-electron chi connectivity index (χ0n) is 20.8. The SMILES string of the molecule is Cc1ccc(NC(=O)N(CCc2ccccn2)Cc2cc([N+](=O)[O-])ccc2Sc2ccc(C)cc2)cc1. The Balaban J connectivity index is 1.62. The summed E-state index contributed by atoms with van der Waals surface area (Å²) in [6, 6.07) is 25.9. The van der Waals surface area contributed by atoms with Crippen LogP contribution in [0, 0.1) is 24.0 Å². The molecule has 0 bridgehead atoms. The van der Waals surface area contributed by atoms with Gasteiger partial charge in [0.25, 0.3) is 5.69 Å². The van der Waals surface area contributed by atoms with E-state index in [2.05, 4.69) is 10.3 Å². The molecule has 2 amide bonds. The topological polar surface area (TPSA) is 88.4 Å². The number of carbonyl (C=O) groups is 1. The first-order valence-electron chi connectivity index (χ1n) is 11.9. The minimum Gasteiger partial charge on any atom is -0.320 e. The number of rotatable bonds is 9. The average Bonchev–Trinajstić information content (AvgIpc) is 2.90. The number of pyridine rings is 1. The number of carbonyl (C=O) groups excluding carboxylic acids is 1. The van der Waals surface area contributed by atoms with Crippen LogP contribution in [0.15, 0.2) is 101 Å². The van der Waals surface area contributed by atoms with Crippen molar-refractivity contribution < 1.29 is 9.72 Å². The second-order valence-electron chi connectivity index (χ2n) is 8.75. The molecule has 37 heavy (non-hydrogen) atoms. The van der Waals surface area contributed by atoms with Crippen molar-refractivity contribution in [1.29, 1.82) is 0 Å². The minimum atomic E-state index is -0.408. The molecule has 3 aromatic carbocycles. The molecular weight excluding hydrogens is 484 g/mol. The summed E-state index contributed by atoms with van der Waals surface area (Å²) in [4.78, 5) is 32.5. The number of hydrogen-bond acceptors (Lipinski definition) is 5. The number of nitro benzene ring substituents is 1. The fourth-order valence-corrected chi connectivity index (χ4v) is 4.65. The Morgan fingerprint density at radius 3 is 2.32 bits per heavy atom. The van der Waals surface area contributed by atoms with Crippen molar-refractivity contribution >= 4 is 29.2 Å². The molecule has 0 unspecified atom stereocenters. The second-order valence-corrected chi connectivity index (χ2v) is 9.87. The maximum Gasteiger partial charge on any atom is 0.322 e. The smallest absolute Gasteiger partial charge is 0.320 e. The molecule has 0 saturated heterocycles. The van der Waals surface area contributed by atoms with Gasteiger partial charge in [-0.25, -0.2) is 4.79 Å². The highest BCUT2D eigenvalue weighted by molar-refractivity contribution is 7.99. The van der Waals surface area contributed by atoms with E-state index in [4.69, 9.17) is 0 Å². The Hall–Kier alpha value is -4.17. The number of amides is 2. The van der Waals surface area contributed by atoms with Gasteiger partial charge in [0.15, 0.2) is 0 Å². The zero-order valence-corrected chi connectivity index (χ0v) is 21.6. The average molecular weight is 513 g/mol. The highest BCUT2D eigenvalue weighted by Gasteiger charge is 2.19. The molecule has 0 spiro atoms. The van der Waals surface area contributed by atoms with Gasteiger partial charge in [-0.1, -0.05) is 53.2 Å². The summed E-state index contributed by atoms with van der Waals surface area (Å²) in [5.41, 5.74) is 4.50. The molecule has 4 rings (SSSR count). The molecule has 8 heteroatoms. The van der Waals surface area contributed by atoms with Gasteiger partial charge in [0.05, 0.1) is 4.92 Å². The summed E-state index contributed by atoms with van der Waals surface area (Å²) in [5.74, 6) is 0. The second kappa shape index (κ2) is 12.2. The Kier molecular flexibility index (Phi) is 8.53. The standard InChI is InChI=1S/C29H28N4O3S/c1-21-6-10-25(11-7-21)31-29(34)32(18-16-24-5-3-4-17-30-24)20-23-19-26(33(35)36)12-15-28(23)37-27-13-8-22(2)9-14-27/h3-15,17,19H,16,18,20H2,1-2H3,(H,31,34). The van der Waals surface area contributed by atoms with Crippen LogP contribution in [-0.2, 0) is 13.0 Å². The molecule has 1 heterocycles. The Labute approximate surface area is 220 Å². The van der Waals surface area contributed by atoms with Crippen molar-refractivity contribution in [3.05, 3.63) is 124 Å². The monoisotopic (exact) mass is 512 g/mol. The van der Waals surface area contributed by atoms with Crippen molar-refractivity contribution in [3.8, 4) is 0 Å². The van der Waals surface area contributed by atoms with Crippen molar-refractivity contribution in [2.24, 2.45) is 0 Å². The van der Waals surface area contributed by atoms with E-state index < -0.39 is 4.92 Å². The van der Waals surface area contributed by atoms with E-state index in [-0.39, 0.29) is 18.3 Å². The van der Waals surface area contributed by atoms with Crippen LogP contribution in [0.4, 0.5) is 16.2 Å². The molecule has 0 saturated carbocycles. The molecule has 0 fully saturated rings. The third-order valence-electron chi connectivity index (χ3n) is 5.82. The zero-order chi connectivity index (χ0) is 26.2. The van der Waals surface area contributed by atoms with Crippen LogP contribution in [0.3, 0.4) is 0 Å². The van der Waals surface area contributed by atoms with E-state index in [0.717, 1.165) is 26.6 Å². The molecular formula is C29H28N4O3S. The quantitative estimate of drug-likeness (QED) is 0.192. The molecule has 0 aliphatic rings. The molecule has 0 aliphatic heterocycles. The fourth-order valence-electron chi connectivity index (χ4n) is 3.73. The predicted molar refractivity (Wildman–Crippen MR) is 147 cm³/mol. The normalized spacial score (nSPS) is 10.6. The first kappa shape index (κ1) is 25.9. The maximum atomic E-state index is 13.4. The van der Waals surface area contributed by atoms with E-state index in [1.807, 2.05) is 80.6 Å². The van der Waals surface area contributed by atoms with Crippen molar-refractivity contribution in [2.45, 2.75) is 36.6 Å². The molecule has 1 aromatic heterocycles. The molecule has 1 N–H and O–H groups in total. The van der Waals surface area contributed by atoms with Gasteiger partial charge in [0.2, 0.25) is 0 Å². The lowest BCUT2D eigenvalue weighted by Gasteiger charge is -2.24. The molecule has 0 aliphatic carbocycles. The number of hydrogen-bond donors (Lipinski definition) is 1. The molecule has 0 radical (unpaired) electrons. The largest absolute Gasteiger partial charge is 0.322 e. The highest BCUT2D eigenvalue weighted by atomic mass is 32.2. The van der Waals surface area contributed by atoms with Crippen LogP contribution < -0.4 is 5.32 Å². The van der Waals surface area contributed by atoms with Crippen LogP contribution in [0.25, 0.3) is 0 Å². The maximum absolute atomic E-state index is 13.4. The lowest BCUT2D eigenvalue weighted by molar-refractivity contribution is -0.385. The highest BCUT2D eigenvalue weighted by Crippen LogP contribution is 2.33. The predicted octanol–water partition coefficient (Wildman–Crippen LogP) is 7.03. The van der Waals surface area contributed by atoms with Gasteiger partial charge in [-0.15, -0.1) is 0 Å². The fraction of sp³-hybridized carbons (Fsp3) is 0.172. The van der Waals surface area contributed by atoms with Gasteiger partial charge in [-0.3, -0.25) is 15.1 Å². The first-order valence-corrected chi connectivity index (χ1v) is 12.7. The number of urea groups is 1. The number of non-ortho nitro benzene ring substituents is 1. The third kappa shape index (κ3) is 7.41. The van der Waals surface area contributed by atoms with Gasteiger partial charge >= 0.3 is 6.03 Å². The Morgan fingerprint density at radius 1 is 0.973 bits per heavy atom. The molecule has 7 nitrogen and oxygen atoms in total. The van der Waals surface area contributed by atoms with Crippen LogP contribution in [0.1, 0.15) is 22.4 Å². The van der Waals surface area contributed by atoms with Crippen LogP contribution in [0.5, 0.6) is 0 Å². The number of nitrogens with one attached hydrogen (secondary N) is 1. The lowest BCUT2D eigenvalue weighted by Crippen LogP contribution is -2.36. The summed E-state index contributed by atoms with van der Waals surface area (Å²) >= 11 is 1.52. The van der Waals surface area contributed by atoms with Gasteiger partial charge in [0.1, 0.15) is 0 Å². The third-order valence-corrected chi connectivity index (χ3v) is 6.94. The summed E-state index contributed by atoms with van der Waals surface area (Å²) < 4.78 is 0. The molecule has 188 valence electrons. The summed E-state index contributed by atoms with van der Waals surface area (Å²) in [7, 11) is 0. The molecule has 4 aromatic rings. The van der Waals surface area contributed by atoms with Crippen molar-refractivity contribution in [1.82, 2.24) is 9.88 Å². The van der Waals surface area contributed by atoms with Crippen molar-refractivity contribution in [2.75, 3.05) is 11.9 Å². The summed E-state index contributed by atoms with van der Waals surface area (Å²) in [5, 5.41) is 14.5.